The zero-order valence-corrected chi connectivity index (χ0v) is 13.1. The summed E-state index contributed by atoms with van der Waals surface area (Å²) in [6.45, 7) is 3.23. The minimum atomic E-state index is -0.270. The Hall–Kier alpha value is -2.63. The van der Waals surface area contributed by atoms with E-state index in [9.17, 15) is 9.59 Å². The number of pyridine rings is 1. The highest BCUT2D eigenvalue weighted by molar-refractivity contribution is 6.01. The zero-order chi connectivity index (χ0) is 16.2. The molecule has 1 aromatic heterocycles. The lowest BCUT2D eigenvalue weighted by Crippen LogP contribution is -2.44. The van der Waals surface area contributed by atoms with E-state index in [4.69, 9.17) is 0 Å². The van der Waals surface area contributed by atoms with Gasteiger partial charge in [-0.05, 0) is 25.5 Å². The molecule has 0 spiro atoms. The van der Waals surface area contributed by atoms with Crippen molar-refractivity contribution >= 4 is 28.4 Å². The SMILES string of the molecule is C[C@@H](CN1CCCC1=O)NC(=O)Nc1cccc2cnccc12. The molecular weight excluding hydrogens is 292 g/mol. The fourth-order valence-corrected chi connectivity index (χ4v) is 2.89. The number of benzene rings is 1. The Bertz CT molecular complexity index is 726. The first kappa shape index (κ1) is 15.3. The normalized spacial score (nSPS) is 15.7. The second-order valence-electron chi connectivity index (χ2n) is 5.85. The standard InChI is InChI=1S/C17H20N4O2/c1-12(11-21-9-3-6-16(21)22)19-17(23)20-15-5-2-4-13-10-18-8-7-14(13)15/h2,4-5,7-8,10,12H,3,6,9,11H2,1H3,(H2,19,20,23)/t12-/m0/s1. The molecule has 6 nitrogen and oxygen atoms in total. The lowest BCUT2D eigenvalue weighted by molar-refractivity contribution is -0.127. The molecule has 0 saturated carbocycles. The minimum Gasteiger partial charge on any atom is -0.341 e. The molecule has 1 fully saturated rings. The minimum absolute atomic E-state index is 0.103. The molecule has 0 aliphatic carbocycles. The average molecular weight is 312 g/mol. The van der Waals surface area contributed by atoms with E-state index < -0.39 is 0 Å². The maximum atomic E-state index is 12.2. The van der Waals surface area contributed by atoms with Crippen LogP contribution in [0.3, 0.4) is 0 Å². The average Bonchev–Trinajstić information content (AvgIpc) is 2.92. The number of anilines is 1. The van der Waals surface area contributed by atoms with E-state index >= 15 is 0 Å². The Morgan fingerprint density at radius 3 is 3.04 bits per heavy atom. The predicted molar refractivity (Wildman–Crippen MR) is 89.2 cm³/mol. The van der Waals surface area contributed by atoms with E-state index in [1.165, 1.54) is 0 Å². The van der Waals surface area contributed by atoms with Crippen LogP contribution in [0, 0.1) is 0 Å². The second-order valence-corrected chi connectivity index (χ2v) is 5.85. The number of likely N-dealkylation sites (tertiary alicyclic amines) is 1. The van der Waals surface area contributed by atoms with Crippen LogP contribution < -0.4 is 10.6 Å². The van der Waals surface area contributed by atoms with Crippen molar-refractivity contribution in [2.24, 2.45) is 0 Å². The molecule has 1 saturated heterocycles. The quantitative estimate of drug-likeness (QED) is 0.910. The van der Waals surface area contributed by atoms with Crippen molar-refractivity contribution in [1.29, 1.82) is 0 Å². The van der Waals surface area contributed by atoms with Gasteiger partial charge < -0.3 is 15.5 Å². The fraction of sp³-hybridized carbons (Fsp3) is 0.353. The number of carbonyl (C=O) groups is 2. The Morgan fingerprint density at radius 2 is 2.26 bits per heavy atom. The van der Waals surface area contributed by atoms with E-state index in [2.05, 4.69) is 15.6 Å². The van der Waals surface area contributed by atoms with Gasteiger partial charge in [0.25, 0.3) is 0 Å². The molecule has 2 heterocycles. The molecule has 1 aliphatic heterocycles. The zero-order valence-electron chi connectivity index (χ0n) is 13.1. The van der Waals surface area contributed by atoms with Gasteiger partial charge in [0.1, 0.15) is 0 Å². The molecule has 23 heavy (non-hydrogen) atoms. The lowest BCUT2D eigenvalue weighted by atomic mass is 10.1. The van der Waals surface area contributed by atoms with Gasteiger partial charge in [-0.2, -0.15) is 0 Å². The van der Waals surface area contributed by atoms with Gasteiger partial charge in [0, 0.05) is 48.7 Å². The highest BCUT2D eigenvalue weighted by Gasteiger charge is 2.22. The van der Waals surface area contributed by atoms with Crippen molar-refractivity contribution in [2.45, 2.75) is 25.8 Å². The van der Waals surface area contributed by atoms with Gasteiger partial charge in [0.2, 0.25) is 5.91 Å². The summed E-state index contributed by atoms with van der Waals surface area (Å²) in [4.78, 5) is 29.7. The third-order valence-corrected chi connectivity index (χ3v) is 3.97. The first-order valence-electron chi connectivity index (χ1n) is 7.81. The molecule has 2 aromatic rings. The second kappa shape index (κ2) is 6.64. The molecule has 120 valence electrons. The highest BCUT2D eigenvalue weighted by atomic mass is 16.2. The third-order valence-electron chi connectivity index (χ3n) is 3.97. The number of urea groups is 1. The number of rotatable bonds is 4. The molecule has 1 aromatic carbocycles. The van der Waals surface area contributed by atoms with Gasteiger partial charge in [0.05, 0.1) is 5.69 Å². The molecule has 1 aliphatic rings. The van der Waals surface area contributed by atoms with E-state index in [0.29, 0.717) is 13.0 Å². The summed E-state index contributed by atoms with van der Waals surface area (Å²) in [5.74, 6) is 0.167. The van der Waals surface area contributed by atoms with Crippen molar-refractivity contribution in [3.8, 4) is 0 Å². The summed E-state index contributed by atoms with van der Waals surface area (Å²) in [6.07, 6.45) is 4.98. The molecular formula is C17H20N4O2. The summed E-state index contributed by atoms with van der Waals surface area (Å²) < 4.78 is 0. The van der Waals surface area contributed by atoms with Crippen molar-refractivity contribution < 1.29 is 9.59 Å². The van der Waals surface area contributed by atoms with Crippen LogP contribution in [0.1, 0.15) is 19.8 Å². The number of hydrogen-bond acceptors (Lipinski definition) is 3. The van der Waals surface area contributed by atoms with Crippen molar-refractivity contribution in [2.75, 3.05) is 18.4 Å². The Balaban J connectivity index is 1.61. The lowest BCUT2D eigenvalue weighted by Gasteiger charge is -2.22. The number of nitrogens with one attached hydrogen (secondary N) is 2. The number of nitrogens with zero attached hydrogens (tertiary/aromatic N) is 2. The first-order valence-corrected chi connectivity index (χ1v) is 7.81. The van der Waals surface area contributed by atoms with E-state index in [0.717, 1.165) is 29.4 Å². The van der Waals surface area contributed by atoms with Crippen LogP contribution in [0.2, 0.25) is 0 Å². The maximum absolute atomic E-state index is 12.2. The van der Waals surface area contributed by atoms with Crippen LogP contribution in [0.15, 0.2) is 36.7 Å². The van der Waals surface area contributed by atoms with Gasteiger partial charge in [-0.1, -0.05) is 12.1 Å². The first-order chi connectivity index (χ1) is 11.1. The fourth-order valence-electron chi connectivity index (χ4n) is 2.89. The van der Waals surface area contributed by atoms with E-state index in [1.807, 2.05) is 31.2 Å². The summed E-state index contributed by atoms with van der Waals surface area (Å²) in [5.41, 5.74) is 0.742. The largest absolute Gasteiger partial charge is 0.341 e. The number of aromatic nitrogens is 1. The molecule has 0 radical (unpaired) electrons. The summed E-state index contributed by atoms with van der Waals surface area (Å²) in [6, 6.07) is 7.19. The van der Waals surface area contributed by atoms with Gasteiger partial charge >= 0.3 is 6.03 Å². The summed E-state index contributed by atoms with van der Waals surface area (Å²) >= 11 is 0. The van der Waals surface area contributed by atoms with Gasteiger partial charge in [-0.25, -0.2) is 4.79 Å². The summed E-state index contributed by atoms with van der Waals surface area (Å²) in [5, 5.41) is 7.67. The van der Waals surface area contributed by atoms with Crippen LogP contribution in [-0.2, 0) is 4.79 Å². The molecule has 0 bridgehead atoms. The van der Waals surface area contributed by atoms with Gasteiger partial charge in [-0.15, -0.1) is 0 Å². The van der Waals surface area contributed by atoms with Crippen molar-refractivity contribution in [1.82, 2.24) is 15.2 Å². The summed E-state index contributed by atoms with van der Waals surface area (Å²) in [7, 11) is 0. The molecule has 3 amide bonds. The Labute approximate surface area is 134 Å². The van der Waals surface area contributed by atoms with Crippen LogP contribution in [0.5, 0.6) is 0 Å². The Morgan fingerprint density at radius 1 is 1.39 bits per heavy atom. The number of fused-ring (bicyclic) bond motifs is 1. The number of amides is 3. The number of hydrogen-bond donors (Lipinski definition) is 2. The van der Waals surface area contributed by atoms with Crippen molar-refractivity contribution in [3.05, 3.63) is 36.7 Å². The van der Waals surface area contributed by atoms with Crippen molar-refractivity contribution in [3.63, 3.8) is 0 Å². The van der Waals surface area contributed by atoms with E-state index in [1.54, 1.807) is 17.3 Å². The molecule has 0 unspecified atom stereocenters. The van der Waals surface area contributed by atoms with E-state index in [-0.39, 0.29) is 18.0 Å². The number of carbonyl (C=O) groups excluding carboxylic acids is 2. The molecule has 6 heteroatoms. The third kappa shape index (κ3) is 3.59. The molecule has 2 N–H and O–H groups in total. The van der Waals surface area contributed by atoms with Gasteiger partial charge in [-0.3, -0.25) is 9.78 Å². The maximum Gasteiger partial charge on any atom is 0.319 e. The van der Waals surface area contributed by atoms with Crippen LogP contribution >= 0.6 is 0 Å². The monoisotopic (exact) mass is 312 g/mol. The molecule has 3 rings (SSSR count). The van der Waals surface area contributed by atoms with Crippen LogP contribution in [0.25, 0.3) is 10.8 Å². The predicted octanol–water partition coefficient (Wildman–Crippen LogP) is 2.37. The van der Waals surface area contributed by atoms with Crippen LogP contribution in [0.4, 0.5) is 10.5 Å². The smallest absolute Gasteiger partial charge is 0.319 e. The molecule has 1 atom stereocenters. The van der Waals surface area contributed by atoms with Crippen LogP contribution in [-0.4, -0.2) is 41.0 Å². The topological polar surface area (TPSA) is 74.3 Å². The van der Waals surface area contributed by atoms with Gasteiger partial charge in [0.15, 0.2) is 0 Å². The Kier molecular flexibility index (Phi) is 4.41. The highest BCUT2D eigenvalue weighted by Crippen LogP contribution is 2.22.